The standard InChI is InChI=1S/C17H22N2O2/c1-3-18(4-2)13-14-21-17(20)15-7-9-16(10-8-15)19-11-5-6-12-19/h5-12H,3-4,13-14H2,1-2H3. The van der Waals surface area contributed by atoms with Gasteiger partial charge in [0.1, 0.15) is 6.61 Å². The smallest absolute Gasteiger partial charge is 0.338 e. The molecule has 0 amide bonds. The van der Waals surface area contributed by atoms with Gasteiger partial charge in [-0.15, -0.1) is 0 Å². The first-order chi connectivity index (χ1) is 10.2. The Morgan fingerprint density at radius 1 is 1.10 bits per heavy atom. The van der Waals surface area contributed by atoms with Crippen LogP contribution < -0.4 is 0 Å². The Kier molecular flexibility index (Phi) is 5.58. The van der Waals surface area contributed by atoms with Crippen LogP contribution in [0.4, 0.5) is 0 Å². The maximum absolute atomic E-state index is 12.0. The second-order valence-electron chi connectivity index (χ2n) is 4.80. The average Bonchev–Trinajstić information content (AvgIpc) is 3.06. The molecular formula is C17H22N2O2. The van der Waals surface area contributed by atoms with E-state index in [-0.39, 0.29) is 5.97 Å². The van der Waals surface area contributed by atoms with Gasteiger partial charge in [0.2, 0.25) is 0 Å². The fraction of sp³-hybridized carbons (Fsp3) is 0.353. The van der Waals surface area contributed by atoms with Crippen LogP contribution in [0.2, 0.25) is 0 Å². The second-order valence-corrected chi connectivity index (χ2v) is 4.80. The number of nitrogens with zero attached hydrogens (tertiary/aromatic N) is 2. The molecule has 0 saturated carbocycles. The second kappa shape index (κ2) is 7.64. The zero-order chi connectivity index (χ0) is 15.1. The summed E-state index contributed by atoms with van der Waals surface area (Å²) in [5, 5.41) is 0. The number of carbonyl (C=O) groups is 1. The van der Waals surface area contributed by atoms with Crippen LogP contribution in [-0.2, 0) is 4.74 Å². The van der Waals surface area contributed by atoms with E-state index in [1.54, 1.807) is 12.1 Å². The fourth-order valence-electron chi connectivity index (χ4n) is 2.17. The molecule has 2 aromatic rings. The summed E-state index contributed by atoms with van der Waals surface area (Å²) in [5.74, 6) is -0.263. The summed E-state index contributed by atoms with van der Waals surface area (Å²) >= 11 is 0. The van der Waals surface area contributed by atoms with Crippen molar-refractivity contribution in [1.82, 2.24) is 9.47 Å². The molecule has 4 heteroatoms. The Labute approximate surface area is 125 Å². The maximum Gasteiger partial charge on any atom is 0.338 e. The van der Waals surface area contributed by atoms with Crippen LogP contribution in [0.3, 0.4) is 0 Å². The zero-order valence-corrected chi connectivity index (χ0v) is 12.7. The molecule has 1 heterocycles. The summed E-state index contributed by atoms with van der Waals surface area (Å²) in [6.45, 7) is 7.36. The molecule has 4 nitrogen and oxygen atoms in total. The van der Waals surface area contributed by atoms with Gasteiger partial charge in [0.15, 0.2) is 0 Å². The lowest BCUT2D eigenvalue weighted by Gasteiger charge is -2.17. The number of likely N-dealkylation sites (N-methyl/N-ethyl adjacent to an activating group) is 1. The highest BCUT2D eigenvalue weighted by molar-refractivity contribution is 5.89. The number of benzene rings is 1. The summed E-state index contributed by atoms with van der Waals surface area (Å²) in [7, 11) is 0. The van der Waals surface area contributed by atoms with Gasteiger partial charge in [-0.2, -0.15) is 0 Å². The number of carbonyl (C=O) groups excluding carboxylic acids is 1. The van der Waals surface area contributed by atoms with E-state index in [9.17, 15) is 4.79 Å². The number of ether oxygens (including phenoxy) is 1. The summed E-state index contributed by atoms with van der Waals surface area (Å²) in [5.41, 5.74) is 1.62. The van der Waals surface area contributed by atoms with Gasteiger partial charge in [-0.1, -0.05) is 13.8 Å². The lowest BCUT2D eigenvalue weighted by molar-refractivity contribution is 0.0466. The van der Waals surface area contributed by atoms with Crippen molar-refractivity contribution in [3.05, 3.63) is 54.4 Å². The molecule has 1 aromatic carbocycles. The minimum Gasteiger partial charge on any atom is -0.461 e. The highest BCUT2D eigenvalue weighted by atomic mass is 16.5. The van der Waals surface area contributed by atoms with Gasteiger partial charge in [-0.3, -0.25) is 0 Å². The van der Waals surface area contributed by atoms with E-state index in [2.05, 4.69) is 18.7 Å². The van der Waals surface area contributed by atoms with E-state index in [1.165, 1.54) is 0 Å². The monoisotopic (exact) mass is 286 g/mol. The molecule has 0 unspecified atom stereocenters. The van der Waals surface area contributed by atoms with Gasteiger partial charge in [-0.25, -0.2) is 4.79 Å². The van der Waals surface area contributed by atoms with Gasteiger partial charge in [0, 0.05) is 24.6 Å². The highest BCUT2D eigenvalue weighted by Gasteiger charge is 2.08. The number of hydrogen-bond donors (Lipinski definition) is 0. The predicted molar refractivity (Wildman–Crippen MR) is 83.8 cm³/mol. The molecule has 0 N–H and O–H groups in total. The molecule has 0 radical (unpaired) electrons. The van der Waals surface area contributed by atoms with Crippen molar-refractivity contribution in [2.75, 3.05) is 26.2 Å². The van der Waals surface area contributed by atoms with Crippen molar-refractivity contribution in [2.24, 2.45) is 0 Å². The van der Waals surface area contributed by atoms with Crippen LogP contribution in [-0.4, -0.2) is 41.7 Å². The van der Waals surface area contributed by atoms with E-state index >= 15 is 0 Å². The normalized spacial score (nSPS) is 10.8. The van der Waals surface area contributed by atoms with Crippen molar-refractivity contribution in [3.8, 4) is 5.69 Å². The Bertz CT molecular complexity index is 543. The molecule has 0 aliphatic rings. The van der Waals surface area contributed by atoms with Crippen LogP contribution >= 0.6 is 0 Å². The number of hydrogen-bond acceptors (Lipinski definition) is 3. The largest absolute Gasteiger partial charge is 0.461 e. The summed E-state index contributed by atoms with van der Waals surface area (Å²) in [6, 6.07) is 11.4. The highest BCUT2D eigenvalue weighted by Crippen LogP contribution is 2.10. The molecule has 0 aliphatic carbocycles. The average molecular weight is 286 g/mol. The van der Waals surface area contributed by atoms with Crippen LogP contribution in [0.15, 0.2) is 48.8 Å². The molecule has 2 rings (SSSR count). The number of aromatic nitrogens is 1. The molecule has 1 aromatic heterocycles. The molecule has 0 aliphatic heterocycles. The summed E-state index contributed by atoms with van der Waals surface area (Å²) in [6.07, 6.45) is 3.94. The van der Waals surface area contributed by atoms with Crippen molar-refractivity contribution >= 4 is 5.97 Å². The SMILES string of the molecule is CCN(CC)CCOC(=O)c1ccc(-n2cccc2)cc1. The minimum absolute atomic E-state index is 0.263. The van der Waals surface area contributed by atoms with Gasteiger partial charge < -0.3 is 14.2 Å². The third kappa shape index (κ3) is 4.20. The Morgan fingerprint density at radius 3 is 2.29 bits per heavy atom. The van der Waals surface area contributed by atoms with E-state index in [4.69, 9.17) is 4.74 Å². The van der Waals surface area contributed by atoms with Crippen LogP contribution in [0.1, 0.15) is 24.2 Å². The first kappa shape index (κ1) is 15.3. The Morgan fingerprint density at radius 2 is 1.71 bits per heavy atom. The Hall–Kier alpha value is -2.07. The third-order valence-electron chi connectivity index (χ3n) is 3.54. The minimum atomic E-state index is -0.263. The van der Waals surface area contributed by atoms with E-state index < -0.39 is 0 Å². The third-order valence-corrected chi connectivity index (χ3v) is 3.54. The van der Waals surface area contributed by atoms with Gasteiger partial charge in [0.05, 0.1) is 5.56 Å². The van der Waals surface area contributed by atoms with Crippen LogP contribution in [0.25, 0.3) is 5.69 Å². The van der Waals surface area contributed by atoms with Gasteiger partial charge >= 0.3 is 5.97 Å². The van der Waals surface area contributed by atoms with Crippen LogP contribution in [0, 0.1) is 0 Å². The lowest BCUT2D eigenvalue weighted by atomic mass is 10.2. The Balaban J connectivity index is 1.88. The lowest BCUT2D eigenvalue weighted by Crippen LogP contribution is -2.27. The first-order valence-corrected chi connectivity index (χ1v) is 7.37. The van der Waals surface area contributed by atoms with Gasteiger partial charge in [0.25, 0.3) is 0 Å². The quantitative estimate of drug-likeness (QED) is 0.734. The number of rotatable bonds is 7. The molecular weight excluding hydrogens is 264 g/mol. The first-order valence-electron chi connectivity index (χ1n) is 7.37. The molecule has 0 spiro atoms. The fourth-order valence-corrected chi connectivity index (χ4v) is 2.17. The summed E-state index contributed by atoms with van der Waals surface area (Å²) in [4.78, 5) is 14.2. The maximum atomic E-state index is 12.0. The van der Waals surface area contributed by atoms with E-state index in [0.29, 0.717) is 12.2 Å². The van der Waals surface area contributed by atoms with Crippen molar-refractivity contribution < 1.29 is 9.53 Å². The van der Waals surface area contributed by atoms with Crippen molar-refractivity contribution in [2.45, 2.75) is 13.8 Å². The summed E-state index contributed by atoms with van der Waals surface area (Å²) < 4.78 is 7.30. The molecule has 0 atom stereocenters. The molecule has 0 bridgehead atoms. The molecule has 21 heavy (non-hydrogen) atoms. The van der Waals surface area contributed by atoms with Crippen molar-refractivity contribution in [3.63, 3.8) is 0 Å². The topological polar surface area (TPSA) is 34.5 Å². The predicted octanol–water partition coefficient (Wildman–Crippen LogP) is 2.98. The number of esters is 1. The zero-order valence-electron chi connectivity index (χ0n) is 12.7. The van der Waals surface area contributed by atoms with Crippen molar-refractivity contribution in [1.29, 1.82) is 0 Å². The van der Waals surface area contributed by atoms with Gasteiger partial charge in [-0.05, 0) is 49.5 Å². The van der Waals surface area contributed by atoms with E-state index in [0.717, 1.165) is 25.3 Å². The molecule has 0 fully saturated rings. The molecule has 112 valence electrons. The van der Waals surface area contributed by atoms with E-state index in [1.807, 2.05) is 41.2 Å². The van der Waals surface area contributed by atoms with Crippen LogP contribution in [0.5, 0.6) is 0 Å². The molecule has 0 saturated heterocycles.